The molecule has 0 unspecified atom stereocenters. The molecule has 4 aromatic carbocycles. The predicted octanol–water partition coefficient (Wildman–Crippen LogP) is 8.45. The fraction of sp³-hybridized carbons (Fsp3) is 0.196. The van der Waals surface area contributed by atoms with Crippen molar-refractivity contribution in [2.24, 2.45) is 5.16 Å². The summed E-state index contributed by atoms with van der Waals surface area (Å²) in [5, 5.41) is 44.9. The van der Waals surface area contributed by atoms with E-state index in [-0.39, 0.29) is 12.5 Å². The number of hydrogen-bond acceptors (Lipinski definition) is 11. The minimum absolute atomic E-state index is 0.0777. The van der Waals surface area contributed by atoms with Crippen LogP contribution < -0.4 is 15.4 Å². The molecule has 0 spiro atoms. The lowest BCUT2D eigenvalue weighted by Crippen LogP contribution is -2.17. The van der Waals surface area contributed by atoms with E-state index in [1.807, 2.05) is 87.6 Å². The van der Waals surface area contributed by atoms with Crippen molar-refractivity contribution in [1.29, 1.82) is 5.26 Å². The van der Waals surface area contributed by atoms with Crippen molar-refractivity contribution in [2.45, 2.75) is 45.6 Å². The number of rotatable bonds is 11. The van der Waals surface area contributed by atoms with E-state index in [4.69, 9.17) is 14.8 Å². The van der Waals surface area contributed by atoms with Gasteiger partial charge in [0.25, 0.3) is 5.91 Å². The van der Waals surface area contributed by atoms with Crippen molar-refractivity contribution in [2.75, 3.05) is 24.4 Å². The number of hydrogen-bond donors (Lipinski definition) is 4. The third-order valence-corrected chi connectivity index (χ3v) is 10.8. The van der Waals surface area contributed by atoms with Crippen LogP contribution in [0.25, 0.3) is 44.5 Å². The molecule has 0 saturated carbocycles. The van der Waals surface area contributed by atoms with Gasteiger partial charge >= 0.3 is 0 Å². The number of anilines is 3. The maximum absolute atomic E-state index is 13.9. The molecule has 8 rings (SSSR count). The summed E-state index contributed by atoms with van der Waals surface area (Å²) in [6.45, 7) is 5.85. The standard InChI is InChI=1S/C46H41N9O4/c1-27-37(41-20-30(14-15-48-41)43-38(24-55(53-43)16-17-56)29-8-11-35-28(18-29)9-13-39(35)54-58)21-33(51-45(57)31-6-5-7-32(19-31)46(2,3)25-47)22-40(27)52-44-36-12-10-34(59-4)23-42(36)49-26-50-44/h5-8,10-12,14-15,18-24,26,56,58H,9,13,16-17H2,1-4H3,(H,51,57)(H,49,50,52)/b54-39+. The highest BCUT2D eigenvalue weighted by molar-refractivity contribution is 6.06. The lowest BCUT2D eigenvalue weighted by atomic mass is 9.85. The zero-order valence-electron chi connectivity index (χ0n) is 33.0. The second kappa shape index (κ2) is 15.8. The van der Waals surface area contributed by atoms with Crippen LogP contribution in [0.15, 0.2) is 109 Å². The number of fused-ring (bicyclic) bond motifs is 2. The topological polar surface area (TPSA) is 183 Å². The number of aromatic nitrogens is 5. The van der Waals surface area contributed by atoms with Gasteiger partial charge in [0.2, 0.25) is 0 Å². The van der Waals surface area contributed by atoms with Gasteiger partial charge in [-0.05, 0) is 104 Å². The average molecular weight is 784 g/mol. The van der Waals surface area contributed by atoms with Crippen LogP contribution in [-0.4, -0.2) is 60.4 Å². The van der Waals surface area contributed by atoms with Crippen LogP contribution in [0, 0.1) is 18.3 Å². The molecular weight excluding hydrogens is 743 g/mol. The number of aliphatic hydroxyl groups excluding tert-OH is 1. The van der Waals surface area contributed by atoms with Crippen molar-refractivity contribution < 1.29 is 19.8 Å². The number of nitrogens with zero attached hydrogens (tertiary/aromatic N) is 7. The van der Waals surface area contributed by atoms with Gasteiger partial charge in [0.15, 0.2) is 0 Å². The highest BCUT2D eigenvalue weighted by atomic mass is 16.5. The van der Waals surface area contributed by atoms with Crippen molar-refractivity contribution in [1.82, 2.24) is 24.7 Å². The van der Waals surface area contributed by atoms with Gasteiger partial charge in [-0.2, -0.15) is 10.4 Å². The lowest BCUT2D eigenvalue weighted by Gasteiger charge is -2.18. The Kier molecular flexibility index (Phi) is 10.3. The molecule has 1 aliphatic carbocycles. The number of nitrogens with one attached hydrogen (secondary N) is 2. The quantitative estimate of drug-likeness (QED) is 0.0733. The van der Waals surface area contributed by atoms with Crippen LogP contribution >= 0.6 is 0 Å². The molecule has 0 bridgehead atoms. The van der Waals surface area contributed by atoms with E-state index in [0.717, 1.165) is 56.3 Å². The summed E-state index contributed by atoms with van der Waals surface area (Å²) in [7, 11) is 1.61. The van der Waals surface area contributed by atoms with E-state index in [1.54, 1.807) is 36.2 Å². The molecule has 294 valence electrons. The molecule has 0 saturated heterocycles. The van der Waals surface area contributed by atoms with Gasteiger partial charge in [-0.15, -0.1) is 0 Å². The van der Waals surface area contributed by atoms with Crippen molar-refractivity contribution in [3.05, 3.63) is 131 Å². The van der Waals surface area contributed by atoms with Gasteiger partial charge in [-0.25, -0.2) is 9.97 Å². The van der Waals surface area contributed by atoms with Gasteiger partial charge in [-0.3, -0.25) is 14.5 Å². The first kappa shape index (κ1) is 38.4. The number of carbonyl (C=O) groups excluding carboxylic acids is 1. The normalized spacial score (nSPS) is 13.0. The Morgan fingerprint density at radius 1 is 0.966 bits per heavy atom. The van der Waals surface area contributed by atoms with Crippen molar-refractivity contribution >= 4 is 39.7 Å². The second-order valence-corrected chi connectivity index (χ2v) is 14.9. The first-order chi connectivity index (χ1) is 28.6. The summed E-state index contributed by atoms with van der Waals surface area (Å²) in [6.07, 6.45) is 6.59. The Hall–Kier alpha value is -7.43. The zero-order valence-corrected chi connectivity index (χ0v) is 33.0. The number of benzene rings is 4. The van der Waals surface area contributed by atoms with E-state index in [0.29, 0.717) is 64.1 Å². The first-order valence-corrected chi connectivity index (χ1v) is 19.1. The van der Waals surface area contributed by atoms with Crippen LogP contribution in [0.4, 0.5) is 17.2 Å². The van der Waals surface area contributed by atoms with Gasteiger partial charge < -0.3 is 25.7 Å². The predicted molar refractivity (Wildman–Crippen MR) is 227 cm³/mol. The Morgan fingerprint density at radius 2 is 1.83 bits per heavy atom. The van der Waals surface area contributed by atoms with Crippen LogP contribution in [0.2, 0.25) is 0 Å². The lowest BCUT2D eigenvalue weighted by molar-refractivity contribution is 0.102. The fourth-order valence-electron chi connectivity index (χ4n) is 7.42. The number of methoxy groups -OCH3 is 1. The number of ether oxygens (including phenoxy) is 1. The smallest absolute Gasteiger partial charge is 0.255 e. The highest BCUT2D eigenvalue weighted by Crippen LogP contribution is 2.39. The number of carbonyl (C=O) groups is 1. The van der Waals surface area contributed by atoms with E-state index in [9.17, 15) is 20.4 Å². The number of amides is 1. The second-order valence-electron chi connectivity index (χ2n) is 14.9. The summed E-state index contributed by atoms with van der Waals surface area (Å²) < 4.78 is 7.16. The SMILES string of the molecule is COc1ccc2c(Nc3cc(NC(=O)c4cccc(C(C)(C)C#N)c4)cc(-c4cc(-c5nn(CCO)cc5-c5ccc6c(c5)CC/C6=N\O)ccn4)c3C)ncnc2c1. The van der Waals surface area contributed by atoms with E-state index in [2.05, 4.69) is 37.9 Å². The molecule has 1 amide bonds. The Bertz CT molecular complexity index is 2840. The molecular formula is C46H41N9O4. The number of oxime groups is 1. The molecule has 0 aliphatic heterocycles. The maximum atomic E-state index is 13.9. The van der Waals surface area contributed by atoms with Gasteiger partial charge in [0.1, 0.15) is 23.6 Å². The Labute approximate surface area is 340 Å². The van der Waals surface area contributed by atoms with Crippen LogP contribution in [0.1, 0.15) is 52.9 Å². The Morgan fingerprint density at radius 3 is 2.63 bits per heavy atom. The highest BCUT2D eigenvalue weighted by Gasteiger charge is 2.23. The summed E-state index contributed by atoms with van der Waals surface area (Å²) in [6, 6.07) is 28.7. The monoisotopic (exact) mass is 783 g/mol. The van der Waals surface area contributed by atoms with Gasteiger partial charge in [0, 0.05) is 63.0 Å². The number of aryl methyl sites for hydroxylation is 1. The van der Waals surface area contributed by atoms with Crippen molar-refractivity contribution in [3.8, 4) is 45.5 Å². The average Bonchev–Trinajstić information content (AvgIpc) is 3.88. The molecule has 3 heterocycles. The third-order valence-electron chi connectivity index (χ3n) is 10.8. The van der Waals surface area contributed by atoms with Crippen LogP contribution in [-0.2, 0) is 18.4 Å². The van der Waals surface area contributed by atoms with Gasteiger partial charge in [0.05, 0.1) is 48.7 Å². The first-order valence-electron chi connectivity index (χ1n) is 19.1. The zero-order chi connectivity index (χ0) is 41.3. The molecule has 13 heteroatoms. The summed E-state index contributed by atoms with van der Waals surface area (Å²) in [4.78, 5) is 27.7. The molecule has 0 radical (unpaired) electrons. The number of pyridine rings is 1. The largest absolute Gasteiger partial charge is 0.497 e. The van der Waals surface area contributed by atoms with E-state index >= 15 is 0 Å². The minimum Gasteiger partial charge on any atom is -0.497 e. The number of aliphatic hydroxyl groups is 1. The molecule has 4 N–H and O–H groups in total. The molecule has 7 aromatic rings. The summed E-state index contributed by atoms with van der Waals surface area (Å²) >= 11 is 0. The molecule has 3 aromatic heterocycles. The molecule has 13 nitrogen and oxygen atoms in total. The molecule has 0 fully saturated rings. The van der Waals surface area contributed by atoms with Gasteiger partial charge in [-0.1, -0.05) is 35.5 Å². The minimum atomic E-state index is -0.780. The molecule has 0 atom stereocenters. The molecule has 59 heavy (non-hydrogen) atoms. The van der Waals surface area contributed by atoms with Crippen LogP contribution in [0.5, 0.6) is 5.75 Å². The summed E-state index contributed by atoms with van der Waals surface area (Å²) in [5.41, 5.74) is 10.5. The third kappa shape index (κ3) is 7.57. The summed E-state index contributed by atoms with van der Waals surface area (Å²) in [5.74, 6) is 0.895. The fourth-order valence-corrected chi connectivity index (χ4v) is 7.42. The molecule has 1 aliphatic rings. The maximum Gasteiger partial charge on any atom is 0.255 e. The van der Waals surface area contributed by atoms with Crippen molar-refractivity contribution in [3.63, 3.8) is 0 Å². The van der Waals surface area contributed by atoms with E-state index in [1.165, 1.54) is 6.33 Å². The van der Waals surface area contributed by atoms with E-state index < -0.39 is 5.41 Å². The van der Waals surface area contributed by atoms with Crippen LogP contribution in [0.3, 0.4) is 0 Å². The number of nitriles is 1. The Balaban J connectivity index is 1.22.